The third kappa shape index (κ3) is 5.18. The van der Waals surface area contributed by atoms with Crippen LogP contribution < -0.4 is 4.74 Å². The summed E-state index contributed by atoms with van der Waals surface area (Å²) in [5.41, 5.74) is 2.75. The van der Waals surface area contributed by atoms with Gasteiger partial charge in [-0.15, -0.1) is 0 Å². The number of thioether (sulfide) groups is 1. The number of nitrogens with zero attached hydrogens (tertiary/aromatic N) is 2. The molecule has 0 spiro atoms. The Morgan fingerprint density at radius 1 is 1.00 bits per heavy atom. The molecule has 0 atom stereocenters. The Bertz CT molecular complexity index is 1430. The fourth-order valence-electron chi connectivity index (χ4n) is 3.93. The molecule has 3 aromatic carbocycles. The minimum atomic E-state index is -0.328. The second kappa shape index (κ2) is 10.1. The molecule has 0 radical (unpaired) electrons. The van der Waals surface area contributed by atoms with Crippen molar-refractivity contribution in [2.75, 3.05) is 13.2 Å². The van der Waals surface area contributed by atoms with Gasteiger partial charge in [-0.3, -0.25) is 14.5 Å². The molecule has 2 amide bonds. The molecule has 5 nitrogen and oxygen atoms in total. The molecule has 35 heavy (non-hydrogen) atoms. The van der Waals surface area contributed by atoms with E-state index in [1.807, 2.05) is 54.7 Å². The van der Waals surface area contributed by atoms with Crippen LogP contribution in [0.3, 0.4) is 0 Å². The lowest BCUT2D eigenvalue weighted by atomic mass is 10.1. The number of carbonyl (C=O) groups excluding carboxylic acids is 2. The summed E-state index contributed by atoms with van der Waals surface area (Å²) in [6.45, 7) is 0.943. The van der Waals surface area contributed by atoms with E-state index in [0.29, 0.717) is 17.2 Å². The van der Waals surface area contributed by atoms with E-state index in [4.69, 9.17) is 4.74 Å². The molecule has 1 fully saturated rings. The number of para-hydroxylation sites is 1. The number of halogens is 2. The maximum absolute atomic E-state index is 13.3. The van der Waals surface area contributed by atoms with Gasteiger partial charge in [0.2, 0.25) is 0 Å². The Morgan fingerprint density at radius 3 is 2.54 bits per heavy atom. The molecule has 1 aliphatic rings. The normalized spacial score (nSPS) is 14.9. The number of rotatable bonds is 7. The summed E-state index contributed by atoms with van der Waals surface area (Å²) in [7, 11) is 0. The Kier molecular flexibility index (Phi) is 6.74. The average Bonchev–Trinajstić information content (AvgIpc) is 3.32. The summed E-state index contributed by atoms with van der Waals surface area (Å²) in [5.74, 6) is 0.0845. The van der Waals surface area contributed by atoms with Gasteiger partial charge in [-0.2, -0.15) is 0 Å². The van der Waals surface area contributed by atoms with Crippen molar-refractivity contribution in [3.05, 3.63) is 105 Å². The van der Waals surface area contributed by atoms with E-state index < -0.39 is 0 Å². The Labute approximate surface area is 214 Å². The van der Waals surface area contributed by atoms with Gasteiger partial charge in [0.15, 0.2) is 0 Å². The number of fused-ring (bicyclic) bond motifs is 1. The van der Waals surface area contributed by atoms with Crippen LogP contribution in [-0.4, -0.2) is 33.8 Å². The van der Waals surface area contributed by atoms with E-state index in [1.165, 1.54) is 17.0 Å². The maximum atomic E-state index is 13.3. The lowest BCUT2D eigenvalue weighted by molar-refractivity contribution is -0.123. The highest BCUT2D eigenvalue weighted by molar-refractivity contribution is 9.10. The largest absolute Gasteiger partial charge is 0.492 e. The van der Waals surface area contributed by atoms with Crippen molar-refractivity contribution in [2.45, 2.75) is 6.54 Å². The van der Waals surface area contributed by atoms with Gasteiger partial charge in [0.1, 0.15) is 18.2 Å². The van der Waals surface area contributed by atoms with Gasteiger partial charge < -0.3 is 9.30 Å². The summed E-state index contributed by atoms with van der Waals surface area (Å²) in [6, 6.07) is 21.6. The summed E-state index contributed by atoms with van der Waals surface area (Å²) < 4.78 is 21.9. The molecule has 4 aromatic rings. The lowest BCUT2D eigenvalue weighted by Gasteiger charge is -2.13. The highest BCUT2D eigenvalue weighted by Crippen LogP contribution is 2.35. The number of aromatic nitrogens is 1. The van der Waals surface area contributed by atoms with Gasteiger partial charge in [-0.1, -0.05) is 46.3 Å². The van der Waals surface area contributed by atoms with Crippen molar-refractivity contribution in [2.24, 2.45) is 0 Å². The predicted octanol–water partition coefficient (Wildman–Crippen LogP) is 6.71. The van der Waals surface area contributed by atoms with Crippen molar-refractivity contribution in [1.29, 1.82) is 0 Å². The van der Waals surface area contributed by atoms with E-state index in [9.17, 15) is 14.0 Å². The Balaban J connectivity index is 1.38. The molecule has 2 heterocycles. The molecule has 1 saturated heterocycles. The lowest BCUT2D eigenvalue weighted by Crippen LogP contribution is -2.32. The fraction of sp³-hybridized carbons (Fsp3) is 0.111. The molecule has 0 saturated carbocycles. The van der Waals surface area contributed by atoms with Crippen LogP contribution in [0.5, 0.6) is 5.75 Å². The molecule has 5 rings (SSSR count). The van der Waals surface area contributed by atoms with Gasteiger partial charge >= 0.3 is 0 Å². The fourth-order valence-corrected chi connectivity index (χ4v) is 5.15. The Morgan fingerprint density at radius 2 is 1.77 bits per heavy atom. The van der Waals surface area contributed by atoms with Crippen molar-refractivity contribution < 1.29 is 18.7 Å². The smallest absolute Gasteiger partial charge is 0.293 e. The topological polar surface area (TPSA) is 51.5 Å². The quantitative estimate of drug-likeness (QED) is 0.240. The number of carbonyl (C=O) groups is 2. The highest BCUT2D eigenvalue weighted by Gasteiger charge is 2.35. The molecular formula is C27H20BrFN2O3S. The first kappa shape index (κ1) is 23.4. The van der Waals surface area contributed by atoms with Crippen LogP contribution in [0.4, 0.5) is 9.18 Å². The number of hydrogen-bond acceptors (Lipinski definition) is 4. The zero-order chi connectivity index (χ0) is 24.4. The summed E-state index contributed by atoms with van der Waals surface area (Å²) in [6.07, 6.45) is 3.71. The van der Waals surface area contributed by atoms with Crippen LogP contribution in [0.15, 0.2) is 88.4 Å². The van der Waals surface area contributed by atoms with Crippen molar-refractivity contribution in [3.8, 4) is 5.75 Å². The van der Waals surface area contributed by atoms with Crippen LogP contribution in [0.25, 0.3) is 17.0 Å². The second-order valence-electron chi connectivity index (χ2n) is 8.00. The molecule has 176 valence electrons. The maximum Gasteiger partial charge on any atom is 0.293 e. The van der Waals surface area contributed by atoms with Crippen molar-refractivity contribution in [3.63, 3.8) is 0 Å². The second-order valence-corrected chi connectivity index (χ2v) is 9.90. The average molecular weight is 551 g/mol. The molecular weight excluding hydrogens is 531 g/mol. The minimum absolute atomic E-state index is 0.175. The van der Waals surface area contributed by atoms with E-state index in [-0.39, 0.29) is 30.1 Å². The van der Waals surface area contributed by atoms with Crippen LogP contribution in [-0.2, 0) is 11.3 Å². The first-order valence-corrected chi connectivity index (χ1v) is 12.5. The van der Waals surface area contributed by atoms with E-state index >= 15 is 0 Å². The number of amides is 2. The molecule has 0 unspecified atom stereocenters. The van der Waals surface area contributed by atoms with Crippen LogP contribution >= 0.6 is 27.7 Å². The monoisotopic (exact) mass is 550 g/mol. The van der Waals surface area contributed by atoms with Crippen molar-refractivity contribution in [1.82, 2.24) is 9.47 Å². The zero-order valence-corrected chi connectivity index (χ0v) is 20.9. The number of ether oxygens (including phenoxy) is 1. The van der Waals surface area contributed by atoms with E-state index in [1.54, 1.807) is 18.2 Å². The third-order valence-electron chi connectivity index (χ3n) is 5.63. The predicted molar refractivity (Wildman–Crippen MR) is 140 cm³/mol. The van der Waals surface area contributed by atoms with Gasteiger partial charge in [-0.25, -0.2) is 4.39 Å². The zero-order valence-electron chi connectivity index (χ0n) is 18.5. The molecule has 0 bridgehead atoms. The van der Waals surface area contributed by atoms with E-state index in [2.05, 4.69) is 20.5 Å². The van der Waals surface area contributed by atoms with Crippen LogP contribution in [0.2, 0.25) is 0 Å². The van der Waals surface area contributed by atoms with Gasteiger partial charge in [-0.05, 0) is 65.9 Å². The summed E-state index contributed by atoms with van der Waals surface area (Å²) in [5, 5.41) is 0.634. The molecule has 1 aromatic heterocycles. The van der Waals surface area contributed by atoms with Crippen LogP contribution in [0.1, 0.15) is 11.1 Å². The third-order valence-corrected chi connectivity index (χ3v) is 7.03. The van der Waals surface area contributed by atoms with E-state index in [0.717, 1.165) is 38.3 Å². The van der Waals surface area contributed by atoms with Crippen molar-refractivity contribution >= 4 is 55.8 Å². The molecule has 8 heteroatoms. The first-order valence-electron chi connectivity index (χ1n) is 10.9. The number of hydrogen-bond donors (Lipinski definition) is 0. The summed E-state index contributed by atoms with van der Waals surface area (Å²) in [4.78, 5) is 27.1. The van der Waals surface area contributed by atoms with Gasteiger partial charge in [0.05, 0.1) is 11.4 Å². The minimum Gasteiger partial charge on any atom is -0.492 e. The SMILES string of the molecule is O=C1S/C(=C\c2cn(Cc3ccc(F)cc3)c3ccc(Br)cc23)C(=O)N1CCOc1ccccc1. The molecule has 1 aliphatic heterocycles. The Hall–Kier alpha value is -3.36. The van der Waals surface area contributed by atoms with Gasteiger partial charge in [0.25, 0.3) is 11.1 Å². The first-order chi connectivity index (χ1) is 17.0. The standard InChI is InChI=1S/C27H20BrFN2O3S/c28-20-8-11-24-23(15-20)19(17-30(24)16-18-6-9-21(29)10-7-18)14-25-26(32)31(27(33)35-25)12-13-34-22-4-2-1-3-5-22/h1-11,14-15,17H,12-13,16H2/b25-14-. The van der Waals surface area contributed by atoms with Crippen LogP contribution in [0, 0.1) is 5.82 Å². The molecule has 0 N–H and O–H groups in total. The summed E-state index contributed by atoms with van der Waals surface area (Å²) >= 11 is 4.45. The number of imide groups is 1. The number of benzene rings is 3. The highest BCUT2D eigenvalue weighted by atomic mass is 79.9. The van der Waals surface area contributed by atoms with Gasteiger partial charge in [0, 0.05) is 33.7 Å². The molecule has 0 aliphatic carbocycles.